The Balaban J connectivity index is 2.34. The molecule has 0 saturated heterocycles. The SMILES string of the molecule is CCOC(=O)C1(c2csc(NC)n2)C=CON1. The second-order valence-corrected chi connectivity index (χ2v) is 4.20. The summed E-state index contributed by atoms with van der Waals surface area (Å²) in [6.45, 7) is 2.06. The van der Waals surface area contributed by atoms with E-state index in [0.29, 0.717) is 12.3 Å². The van der Waals surface area contributed by atoms with Gasteiger partial charge in [0, 0.05) is 12.4 Å². The standard InChI is InChI=1S/C10H13N3O3S/c1-3-15-8(14)10(4-5-16-13-10)7-6-17-9(11-2)12-7/h4-6,13H,3H2,1-2H3,(H,11,12). The third-order valence-corrected chi connectivity index (χ3v) is 3.19. The lowest BCUT2D eigenvalue weighted by Crippen LogP contribution is -2.45. The first-order valence-electron chi connectivity index (χ1n) is 5.14. The van der Waals surface area contributed by atoms with Gasteiger partial charge in [-0.25, -0.2) is 9.78 Å². The number of nitrogens with zero attached hydrogens (tertiary/aromatic N) is 1. The zero-order valence-electron chi connectivity index (χ0n) is 9.52. The second-order valence-electron chi connectivity index (χ2n) is 3.34. The molecular formula is C10H13N3O3S. The van der Waals surface area contributed by atoms with Gasteiger partial charge in [-0.15, -0.1) is 16.8 Å². The summed E-state index contributed by atoms with van der Waals surface area (Å²) in [6, 6.07) is 0. The number of hydroxylamine groups is 1. The van der Waals surface area contributed by atoms with Crippen LogP contribution in [0.3, 0.4) is 0 Å². The molecule has 0 aliphatic carbocycles. The molecule has 0 fully saturated rings. The first-order chi connectivity index (χ1) is 8.23. The summed E-state index contributed by atoms with van der Waals surface area (Å²) in [5, 5.41) is 5.44. The molecule has 0 saturated carbocycles. The molecule has 1 aliphatic heterocycles. The second kappa shape index (κ2) is 4.72. The van der Waals surface area contributed by atoms with E-state index in [1.807, 2.05) is 0 Å². The van der Waals surface area contributed by atoms with Crippen molar-refractivity contribution in [3.05, 3.63) is 23.4 Å². The van der Waals surface area contributed by atoms with Crippen LogP contribution in [0.5, 0.6) is 0 Å². The van der Waals surface area contributed by atoms with Gasteiger partial charge in [0.1, 0.15) is 6.26 Å². The van der Waals surface area contributed by atoms with Crippen molar-refractivity contribution >= 4 is 22.4 Å². The molecule has 6 nitrogen and oxygen atoms in total. The fourth-order valence-corrected chi connectivity index (χ4v) is 2.19. The van der Waals surface area contributed by atoms with Gasteiger partial charge in [-0.3, -0.25) is 0 Å². The van der Waals surface area contributed by atoms with Gasteiger partial charge in [0.2, 0.25) is 5.54 Å². The van der Waals surface area contributed by atoms with Gasteiger partial charge in [-0.05, 0) is 13.0 Å². The van der Waals surface area contributed by atoms with Crippen molar-refractivity contribution < 1.29 is 14.4 Å². The predicted molar refractivity (Wildman–Crippen MR) is 63.3 cm³/mol. The number of hydrogen-bond donors (Lipinski definition) is 2. The summed E-state index contributed by atoms with van der Waals surface area (Å²) in [5.74, 6) is -0.429. The molecule has 2 heterocycles. The summed E-state index contributed by atoms with van der Waals surface area (Å²) < 4.78 is 5.04. The van der Waals surface area contributed by atoms with Gasteiger partial charge >= 0.3 is 5.97 Å². The molecule has 17 heavy (non-hydrogen) atoms. The molecule has 0 aromatic carbocycles. The van der Waals surface area contributed by atoms with Crippen LogP contribution in [0.15, 0.2) is 17.7 Å². The monoisotopic (exact) mass is 255 g/mol. The third-order valence-electron chi connectivity index (χ3n) is 2.33. The minimum Gasteiger partial charge on any atom is -0.464 e. The largest absolute Gasteiger partial charge is 0.464 e. The molecule has 1 unspecified atom stereocenters. The summed E-state index contributed by atoms with van der Waals surface area (Å²) in [4.78, 5) is 21.2. The zero-order chi connectivity index (χ0) is 12.3. The Bertz CT molecular complexity index is 446. The van der Waals surface area contributed by atoms with E-state index < -0.39 is 11.5 Å². The summed E-state index contributed by atoms with van der Waals surface area (Å²) >= 11 is 1.41. The van der Waals surface area contributed by atoms with Crippen LogP contribution in [0.1, 0.15) is 12.6 Å². The number of carbonyl (C=O) groups excluding carboxylic acids is 1. The van der Waals surface area contributed by atoms with Crippen LogP contribution in [0.25, 0.3) is 0 Å². The molecule has 0 spiro atoms. The third kappa shape index (κ3) is 1.98. The van der Waals surface area contributed by atoms with Crippen LogP contribution in [-0.2, 0) is 19.9 Å². The molecule has 0 radical (unpaired) electrons. The fourth-order valence-electron chi connectivity index (χ4n) is 1.46. The maximum Gasteiger partial charge on any atom is 0.340 e. The van der Waals surface area contributed by atoms with Crippen molar-refractivity contribution in [2.45, 2.75) is 12.5 Å². The summed E-state index contributed by atoms with van der Waals surface area (Å²) in [7, 11) is 1.77. The lowest BCUT2D eigenvalue weighted by molar-refractivity contribution is -0.152. The summed E-state index contributed by atoms with van der Waals surface area (Å²) in [5.41, 5.74) is 2.06. The molecular weight excluding hydrogens is 242 g/mol. The highest BCUT2D eigenvalue weighted by Gasteiger charge is 2.45. The zero-order valence-corrected chi connectivity index (χ0v) is 10.3. The number of hydrogen-bond acceptors (Lipinski definition) is 7. The first-order valence-corrected chi connectivity index (χ1v) is 6.02. The minimum absolute atomic E-state index is 0.305. The van der Waals surface area contributed by atoms with E-state index >= 15 is 0 Å². The van der Waals surface area contributed by atoms with E-state index in [1.165, 1.54) is 17.6 Å². The van der Waals surface area contributed by atoms with Crippen molar-refractivity contribution in [1.29, 1.82) is 0 Å². The quantitative estimate of drug-likeness (QED) is 0.782. The van der Waals surface area contributed by atoms with Crippen molar-refractivity contribution in [2.75, 3.05) is 19.0 Å². The number of ether oxygens (including phenoxy) is 1. The Labute approximate surface area is 103 Å². The van der Waals surface area contributed by atoms with Gasteiger partial charge in [0.25, 0.3) is 0 Å². The maximum atomic E-state index is 12.0. The van der Waals surface area contributed by atoms with E-state index in [0.717, 1.165) is 5.13 Å². The lowest BCUT2D eigenvalue weighted by Gasteiger charge is -2.21. The maximum absolute atomic E-state index is 12.0. The molecule has 0 amide bonds. The van der Waals surface area contributed by atoms with Crippen LogP contribution in [0, 0.1) is 0 Å². The summed E-state index contributed by atoms with van der Waals surface area (Å²) in [6.07, 6.45) is 3.01. The first kappa shape index (κ1) is 11.9. The molecule has 1 aromatic heterocycles. The molecule has 1 atom stereocenters. The van der Waals surface area contributed by atoms with Crippen LogP contribution in [0.2, 0.25) is 0 Å². The molecule has 2 N–H and O–H groups in total. The topological polar surface area (TPSA) is 72.5 Å². The Morgan fingerprint density at radius 3 is 3.12 bits per heavy atom. The van der Waals surface area contributed by atoms with Gasteiger partial charge in [0.15, 0.2) is 5.13 Å². The number of anilines is 1. The van der Waals surface area contributed by atoms with Crippen LogP contribution >= 0.6 is 11.3 Å². The Morgan fingerprint density at radius 1 is 1.76 bits per heavy atom. The molecule has 7 heteroatoms. The van der Waals surface area contributed by atoms with E-state index in [1.54, 1.807) is 25.4 Å². The normalized spacial score (nSPS) is 22.2. The van der Waals surface area contributed by atoms with Gasteiger partial charge < -0.3 is 14.9 Å². The van der Waals surface area contributed by atoms with Crippen molar-refractivity contribution in [3.63, 3.8) is 0 Å². The highest BCUT2D eigenvalue weighted by atomic mass is 32.1. The number of rotatable bonds is 4. The lowest BCUT2D eigenvalue weighted by atomic mass is 9.98. The highest BCUT2D eigenvalue weighted by molar-refractivity contribution is 7.13. The van der Waals surface area contributed by atoms with Crippen LogP contribution < -0.4 is 10.8 Å². The molecule has 0 bridgehead atoms. The van der Waals surface area contributed by atoms with Crippen LogP contribution in [-0.4, -0.2) is 24.6 Å². The van der Waals surface area contributed by atoms with Crippen molar-refractivity contribution in [2.24, 2.45) is 0 Å². The number of carbonyl (C=O) groups is 1. The Hall–Kier alpha value is -1.60. The van der Waals surface area contributed by atoms with Crippen molar-refractivity contribution in [1.82, 2.24) is 10.5 Å². The highest BCUT2D eigenvalue weighted by Crippen LogP contribution is 2.30. The predicted octanol–water partition coefficient (Wildman–Crippen LogP) is 0.992. The van der Waals surface area contributed by atoms with Crippen LogP contribution in [0.4, 0.5) is 5.13 Å². The van der Waals surface area contributed by atoms with E-state index in [2.05, 4.69) is 15.8 Å². The van der Waals surface area contributed by atoms with Gasteiger partial charge in [-0.2, -0.15) is 0 Å². The Morgan fingerprint density at radius 2 is 2.59 bits per heavy atom. The smallest absolute Gasteiger partial charge is 0.340 e. The average Bonchev–Trinajstić information content (AvgIpc) is 2.99. The van der Waals surface area contributed by atoms with E-state index in [9.17, 15) is 4.79 Å². The van der Waals surface area contributed by atoms with Crippen molar-refractivity contribution in [3.8, 4) is 0 Å². The van der Waals surface area contributed by atoms with Gasteiger partial charge in [0.05, 0.1) is 12.3 Å². The number of thiazole rings is 1. The number of aromatic nitrogens is 1. The number of esters is 1. The van der Waals surface area contributed by atoms with E-state index in [4.69, 9.17) is 9.57 Å². The molecule has 1 aromatic rings. The number of nitrogens with one attached hydrogen (secondary N) is 2. The molecule has 2 rings (SSSR count). The average molecular weight is 255 g/mol. The molecule has 92 valence electrons. The molecule has 1 aliphatic rings. The van der Waals surface area contributed by atoms with Gasteiger partial charge in [-0.1, -0.05) is 0 Å². The van der Waals surface area contributed by atoms with E-state index in [-0.39, 0.29) is 0 Å². The Kier molecular flexibility index (Phi) is 3.30. The minimum atomic E-state index is -1.14. The fraction of sp³-hybridized carbons (Fsp3) is 0.400.